The van der Waals surface area contributed by atoms with Crippen LogP contribution >= 0.6 is 0 Å². The molecule has 2 rings (SSSR count). The number of rotatable bonds is 1. The summed E-state index contributed by atoms with van der Waals surface area (Å²) < 4.78 is 36.9. The first-order valence-corrected chi connectivity index (χ1v) is 3.37. The quantitative estimate of drug-likeness (QED) is 0.715. The Morgan fingerprint density at radius 1 is 1.38 bits per heavy atom. The Kier molecular flexibility index (Phi) is 1.51. The van der Waals surface area contributed by atoms with Crippen molar-refractivity contribution in [1.82, 2.24) is 10.4 Å². The zero-order valence-electron chi connectivity index (χ0n) is 6.18. The third-order valence-corrected chi connectivity index (χ3v) is 1.53. The topological polar surface area (TPSA) is 47.2 Å². The molecule has 0 bridgehead atoms. The third kappa shape index (κ3) is 1.47. The summed E-state index contributed by atoms with van der Waals surface area (Å²) in [5, 5.41) is 3.44. The van der Waals surface area contributed by atoms with Crippen LogP contribution < -0.4 is 5.43 Å². The van der Waals surface area contributed by atoms with Gasteiger partial charge in [0.15, 0.2) is 5.84 Å². The van der Waals surface area contributed by atoms with E-state index >= 15 is 0 Å². The van der Waals surface area contributed by atoms with Crippen molar-refractivity contribution in [2.45, 2.75) is 6.18 Å². The first-order chi connectivity index (χ1) is 6.09. The van der Waals surface area contributed by atoms with Crippen LogP contribution in [0.15, 0.2) is 17.4 Å². The molecule has 1 radical (unpaired) electrons. The molecular formula is C7H3F3N3. The largest absolute Gasteiger partial charge is 0.417 e. The fourth-order valence-electron chi connectivity index (χ4n) is 0.914. The van der Waals surface area contributed by atoms with E-state index in [1.54, 1.807) is 0 Å². The number of hydrazone groups is 1. The molecule has 2 heterocycles. The van der Waals surface area contributed by atoms with Crippen LogP contribution in [-0.4, -0.2) is 10.8 Å². The zero-order chi connectivity index (χ0) is 9.47. The summed E-state index contributed by atoms with van der Waals surface area (Å²) in [6, 6.07) is 0.897. The molecule has 1 aliphatic heterocycles. The normalized spacial score (nSPS) is 14.8. The lowest BCUT2D eigenvalue weighted by Gasteiger charge is -2.07. The molecule has 0 aliphatic carbocycles. The van der Waals surface area contributed by atoms with Gasteiger partial charge in [0.2, 0.25) is 0 Å². The molecular weight excluding hydrogens is 183 g/mol. The molecule has 3 nitrogen and oxygen atoms in total. The van der Waals surface area contributed by atoms with Crippen molar-refractivity contribution in [2.24, 2.45) is 5.10 Å². The molecule has 1 aliphatic rings. The summed E-state index contributed by atoms with van der Waals surface area (Å²) in [7, 11) is 0. The van der Waals surface area contributed by atoms with Crippen molar-refractivity contribution in [1.29, 1.82) is 0 Å². The van der Waals surface area contributed by atoms with E-state index in [1.165, 1.54) is 0 Å². The van der Waals surface area contributed by atoms with Gasteiger partial charge in [-0.1, -0.05) is 0 Å². The van der Waals surface area contributed by atoms with Gasteiger partial charge in [0, 0.05) is 6.20 Å². The number of halogens is 3. The number of hydrogen-bond donors (Lipinski definition) is 1. The maximum Gasteiger partial charge on any atom is 0.417 e. The van der Waals surface area contributed by atoms with Crippen molar-refractivity contribution in [3.05, 3.63) is 29.6 Å². The molecule has 0 fully saturated rings. The van der Waals surface area contributed by atoms with Crippen molar-refractivity contribution in [2.75, 3.05) is 0 Å². The van der Waals surface area contributed by atoms with Gasteiger partial charge in [-0.2, -0.15) is 18.3 Å². The van der Waals surface area contributed by atoms with Crippen LogP contribution in [0.25, 0.3) is 0 Å². The fourth-order valence-corrected chi connectivity index (χ4v) is 0.914. The summed E-state index contributed by atoms with van der Waals surface area (Å²) in [4.78, 5) is 3.47. The first-order valence-electron chi connectivity index (χ1n) is 3.37. The highest BCUT2D eigenvalue weighted by Gasteiger charge is 2.36. The van der Waals surface area contributed by atoms with Gasteiger partial charge in [0.25, 0.3) is 0 Å². The number of amidine groups is 1. The standard InChI is InChI=1S/C7H3F3N3/c8-7(9,10)5-1-2-11-3-4(5)6-12-13-6/h1-2H,(H,12,13). The summed E-state index contributed by atoms with van der Waals surface area (Å²) >= 11 is 0. The molecule has 0 saturated heterocycles. The predicted octanol–water partition coefficient (Wildman–Crippen LogP) is 1.17. The minimum atomic E-state index is -4.39. The van der Waals surface area contributed by atoms with Crippen molar-refractivity contribution in [3.8, 4) is 0 Å². The minimum Gasteiger partial charge on any atom is -0.257 e. The lowest BCUT2D eigenvalue weighted by molar-refractivity contribution is -0.137. The van der Waals surface area contributed by atoms with E-state index < -0.39 is 11.7 Å². The summed E-state index contributed by atoms with van der Waals surface area (Å²) in [5.41, 5.74) is 1.43. The SMILES string of the molecule is FC(F)(F)c1ccn[c]c1C1=NN1. The third-order valence-electron chi connectivity index (χ3n) is 1.53. The summed E-state index contributed by atoms with van der Waals surface area (Å²) in [5.74, 6) is 0.181. The van der Waals surface area contributed by atoms with Crippen molar-refractivity contribution >= 4 is 5.84 Å². The average molecular weight is 186 g/mol. The lowest BCUT2D eigenvalue weighted by Crippen LogP contribution is -2.12. The van der Waals surface area contributed by atoms with E-state index in [4.69, 9.17) is 0 Å². The van der Waals surface area contributed by atoms with E-state index in [2.05, 4.69) is 21.7 Å². The van der Waals surface area contributed by atoms with Gasteiger partial charge in [-0.25, -0.2) is 0 Å². The Labute approximate surface area is 71.3 Å². The van der Waals surface area contributed by atoms with E-state index in [-0.39, 0.29) is 11.4 Å². The monoisotopic (exact) mass is 186 g/mol. The summed E-state index contributed by atoms with van der Waals surface area (Å²) in [6.45, 7) is 0. The maximum atomic E-state index is 12.3. The minimum absolute atomic E-state index is 0.130. The number of aromatic nitrogens is 1. The molecule has 1 aromatic heterocycles. The molecule has 0 aromatic carbocycles. The lowest BCUT2D eigenvalue weighted by atomic mass is 10.1. The van der Waals surface area contributed by atoms with Crippen LogP contribution in [0.1, 0.15) is 11.1 Å². The van der Waals surface area contributed by atoms with E-state index in [0.717, 1.165) is 12.3 Å². The molecule has 0 spiro atoms. The van der Waals surface area contributed by atoms with Gasteiger partial charge in [0.1, 0.15) is 6.20 Å². The second-order valence-electron chi connectivity index (χ2n) is 2.42. The predicted molar refractivity (Wildman–Crippen MR) is 37.7 cm³/mol. The van der Waals surface area contributed by atoms with E-state index in [0.29, 0.717) is 0 Å². The highest BCUT2D eigenvalue weighted by molar-refractivity contribution is 6.06. The Bertz CT molecular complexity index is 369. The fraction of sp³-hybridized carbons (Fsp3) is 0.143. The van der Waals surface area contributed by atoms with Crippen LogP contribution in [0, 0.1) is 6.20 Å². The number of hydrogen-bond acceptors (Lipinski definition) is 3. The summed E-state index contributed by atoms with van der Waals surface area (Å²) in [6.07, 6.45) is -1.09. The highest BCUT2D eigenvalue weighted by Crippen LogP contribution is 2.31. The number of alkyl halides is 3. The Morgan fingerprint density at radius 3 is 2.62 bits per heavy atom. The van der Waals surface area contributed by atoms with E-state index in [1.807, 2.05) is 0 Å². The average Bonchev–Trinajstić information content (AvgIpc) is 2.85. The van der Waals surface area contributed by atoms with Crippen LogP contribution in [0.2, 0.25) is 0 Å². The Morgan fingerprint density at radius 2 is 2.08 bits per heavy atom. The first kappa shape index (κ1) is 8.03. The second-order valence-corrected chi connectivity index (χ2v) is 2.42. The molecule has 0 atom stereocenters. The van der Waals surface area contributed by atoms with Gasteiger partial charge in [-0.3, -0.25) is 10.4 Å². The zero-order valence-corrected chi connectivity index (χ0v) is 6.18. The molecule has 13 heavy (non-hydrogen) atoms. The van der Waals surface area contributed by atoms with Crippen LogP contribution in [0.3, 0.4) is 0 Å². The second kappa shape index (κ2) is 2.45. The van der Waals surface area contributed by atoms with Crippen LogP contribution in [0.5, 0.6) is 0 Å². The van der Waals surface area contributed by atoms with Gasteiger partial charge < -0.3 is 0 Å². The van der Waals surface area contributed by atoms with Gasteiger partial charge >= 0.3 is 6.18 Å². The molecule has 0 amide bonds. The van der Waals surface area contributed by atoms with Gasteiger partial charge in [0.05, 0.1) is 11.1 Å². The highest BCUT2D eigenvalue weighted by atomic mass is 19.4. The van der Waals surface area contributed by atoms with Crippen LogP contribution in [-0.2, 0) is 6.18 Å². The Hall–Kier alpha value is -1.59. The smallest absolute Gasteiger partial charge is 0.257 e. The van der Waals surface area contributed by atoms with Crippen LogP contribution in [0.4, 0.5) is 13.2 Å². The van der Waals surface area contributed by atoms with Gasteiger partial charge in [-0.05, 0) is 6.07 Å². The number of nitrogens with zero attached hydrogens (tertiary/aromatic N) is 2. The van der Waals surface area contributed by atoms with E-state index in [9.17, 15) is 13.2 Å². The molecule has 1 aromatic rings. The van der Waals surface area contributed by atoms with Crippen molar-refractivity contribution in [3.63, 3.8) is 0 Å². The Balaban J connectivity index is 2.49. The molecule has 6 heteroatoms. The number of pyridine rings is 1. The van der Waals surface area contributed by atoms with Gasteiger partial charge in [-0.15, -0.1) is 0 Å². The molecule has 0 saturated carbocycles. The molecule has 1 N–H and O–H groups in total. The van der Waals surface area contributed by atoms with Crippen molar-refractivity contribution < 1.29 is 13.2 Å². The maximum absolute atomic E-state index is 12.3. The molecule has 0 unspecified atom stereocenters. The number of nitrogens with one attached hydrogen (secondary N) is 1. The molecule has 67 valence electrons.